The summed E-state index contributed by atoms with van der Waals surface area (Å²) in [4.78, 5) is 23.4. The summed E-state index contributed by atoms with van der Waals surface area (Å²) < 4.78 is 0. The molecule has 1 aliphatic heterocycles. The van der Waals surface area contributed by atoms with Crippen molar-refractivity contribution in [3.63, 3.8) is 0 Å². The number of hydrogen-bond acceptors (Lipinski definition) is 4. The van der Waals surface area contributed by atoms with Crippen molar-refractivity contribution in [2.24, 2.45) is 0 Å². The smallest absolute Gasteiger partial charge is 0.274 e. The maximum Gasteiger partial charge on any atom is 0.274 e. The Kier molecular flexibility index (Phi) is 5.31. The minimum absolute atomic E-state index is 0.00267. The van der Waals surface area contributed by atoms with Gasteiger partial charge in [-0.1, -0.05) is 24.6 Å². The zero-order valence-corrected chi connectivity index (χ0v) is 15.2. The van der Waals surface area contributed by atoms with E-state index in [1.54, 1.807) is 12.4 Å². The molecule has 132 valence electrons. The molecule has 25 heavy (non-hydrogen) atoms. The van der Waals surface area contributed by atoms with Crippen molar-refractivity contribution in [1.29, 1.82) is 0 Å². The number of carbonyl (C=O) groups excluding carboxylic acids is 1. The normalized spacial score (nSPS) is 17.4. The van der Waals surface area contributed by atoms with Gasteiger partial charge in [0, 0.05) is 18.3 Å². The second kappa shape index (κ2) is 7.64. The molecule has 2 heterocycles. The van der Waals surface area contributed by atoms with Crippen molar-refractivity contribution >= 4 is 17.4 Å². The zero-order valence-electron chi connectivity index (χ0n) is 15.2. The van der Waals surface area contributed by atoms with Gasteiger partial charge in [-0.15, -0.1) is 0 Å². The number of benzene rings is 1. The van der Waals surface area contributed by atoms with Gasteiger partial charge in [0.05, 0.1) is 12.4 Å². The van der Waals surface area contributed by atoms with Gasteiger partial charge in [-0.3, -0.25) is 4.79 Å². The number of amides is 1. The molecule has 1 amide bonds. The quantitative estimate of drug-likeness (QED) is 0.906. The Morgan fingerprint density at radius 2 is 2.08 bits per heavy atom. The molecule has 5 nitrogen and oxygen atoms in total. The van der Waals surface area contributed by atoms with E-state index in [4.69, 9.17) is 0 Å². The summed E-state index contributed by atoms with van der Waals surface area (Å²) >= 11 is 0. The predicted molar refractivity (Wildman–Crippen MR) is 100 cm³/mol. The third-order valence-corrected chi connectivity index (χ3v) is 4.87. The maximum atomic E-state index is 12.7. The summed E-state index contributed by atoms with van der Waals surface area (Å²) in [7, 11) is 0. The number of likely N-dealkylation sites (tertiary alicyclic amines) is 1. The van der Waals surface area contributed by atoms with Crippen molar-refractivity contribution in [2.75, 3.05) is 11.9 Å². The molecule has 1 aromatic carbocycles. The van der Waals surface area contributed by atoms with Crippen LogP contribution in [0.25, 0.3) is 0 Å². The number of aromatic nitrogens is 2. The van der Waals surface area contributed by atoms with Gasteiger partial charge in [-0.25, -0.2) is 9.97 Å². The van der Waals surface area contributed by atoms with Crippen LogP contribution in [-0.4, -0.2) is 33.4 Å². The SMILES string of the molecule is CCC1CCCCN1C(=O)c1cnc(Nc2ccc(C)cc2C)cn1. The molecule has 1 fully saturated rings. The minimum Gasteiger partial charge on any atom is -0.339 e. The Morgan fingerprint density at radius 3 is 2.76 bits per heavy atom. The van der Waals surface area contributed by atoms with Gasteiger partial charge >= 0.3 is 0 Å². The molecule has 3 rings (SSSR count). The number of nitrogens with zero attached hydrogens (tertiary/aromatic N) is 3. The van der Waals surface area contributed by atoms with Crippen molar-refractivity contribution < 1.29 is 4.79 Å². The van der Waals surface area contributed by atoms with Crippen molar-refractivity contribution in [1.82, 2.24) is 14.9 Å². The summed E-state index contributed by atoms with van der Waals surface area (Å²) in [5, 5.41) is 3.27. The molecule has 5 heteroatoms. The Bertz CT molecular complexity index is 742. The van der Waals surface area contributed by atoms with Crippen LogP contribution in [0.4, 0.5) is 11.5 Å². The van der Waals surface area contributed by atoms with Gasteiger partial charge in [0.2, 0.25) is 0 Å². The second-order valence-electron chi connectivity index (χ2n) is 6.79. The topological polar surface area (TPSA) is 58.1 Å². The van der Waals surface area contributed by atoms with Crippen LogP contribution in [0, 0.1) is 13.8 Å². The number of hydrogen-bond donors (Lipinski definition) is 1. The number of piperidine rings is 1. The highest BCUT2D eigenvalue weighted by Crippen LogP contribution is 2.22. The average molecular weight is 338 g/mol. The number of anilines is 2. The van der Waals surface area contributed by atoms with Crippen LogP contribution in [0.15, 0.2) is 30.6 Å². The molecule has 1 atom stereocenters. The highest BCUT2D eigenvalue weighted by Gasteiger charge is 2.27. The molecular weight excluding hydrogens is 312 g/mol. The van der Waals surface area contributed by atoms with Crippen molar-refractivity contribution in [2.45, 2.75) is 52.5 Å². The van der Waals surface area contributed by atoms with E-state index in [0.717, 1.165) is 37.1 Å². The third-order valence-electron chi connectivity index (χ3n) is 4.87. The highest BCUT2D eigenvalue weighted by atomic mass is 16.2. The van der Waals surface area contributed by atoms with E-state index >= 15 is 0 Å². The molecule has 0 saturated carbocycles. The molecule has 0 spiro atoms. The summed E-state index contributed by atoms with van der Waals surface area (Å²) in [6.07, 6.45) is 7.56. The fraction of sp³-hybridized carbons (Fsp3) is 0.450. The fourth-order valence-corrected chi connectivity index (χ4v) is 3.43. The second-order valence-corrected chi connectivity index (χ2v) is 6.79. The first-order valence-electron chi connectivity index (χ1n) is 9.05. The number of carbonyl (C=O) groups is 1. The van der Waals surface area contributed by atoms with Gasteiger partial charge in [-0.2, -0.15) is 0 Å². The highest BCUT2D eigenvalue weighted by molar-refractivity contribution is 5.92. The van der Waals surface area contributed by atoms with Gasteiger partial charge < -0.3 is 10.2 Å². The Labute approximate surface area is 149 Å². The largest absolute Gasteiger partial charge is 0.339 e. The number of aryl methyl sites for hydroxylation is 2. The van der Waals surface area contributed by atoms with Crippen LogP contribution in [0.1, 0.15) is 54.2 Å². The summed E-state index contributed by atoms with van der Waals surface area (Å²) in [6, 6.07) is 6.54. The van der Waals surface area contributed by atoms with Crippen molar-refractivity contribution in [3.05, 3.63) is 47.4 Å². The Hall–Kier alpha value is -2.43. The maximum absolute atomic E-state index is 12.7. The number of nitrogens with one attached hydrogen (secondary N) is 1. The minimum atomic E-state index is -0.00267. The molecule has 1 saturated heterocycles. The molecule has 0 bridgehead atoms. The lowest BCUT2D eigenvalue weighted by atomic mass is 10.00. The van der Waals surface area contributed by atoms with Crippen LogP contribution < -0.4 is 5.32 Å². The molecule has 0 aliphatic carbocycles. The van der Waals surface area contributed by atoms with Crippen LogP contribution in [-0.2, 0) is 0 Å². The molecule has 1 aromatic heterocycles. The molecular formula is C20H26N4O. The summed E-state index contributed by atoms with van der Waals surface area (Å²) in [5.74, 6) is 0.645. The van der Waals surface area contributed by atoms with Gasteiger partial charge in [0.1, 0.15) is 11.5 Å². The monoisotopic (exact) mass is 338 g/mol. The van der Waals surface area contributed by atoms with Crippen LogP contribution in [0.3, 0.4) is 0 Å². The van der Waals surface area contributed by atoms with E-state index in [1.165, 1.54) is 12.0 Å². The van der Waals surface area contributed by atoms with E-state index in [9.17, 15) is 4.79 Å². The molecule has 0 radical (unpaired) electrons. The Morgan fingerprint density at radius 1 is 1.24 bits per heavy atom. The lowest BCUT2D eigenvalue weighted by molar-refractivity contribution is 0.0601. The van der Waals surface area contributed by atoms with Crippen LogP contribution >= 0.6 is 0 Å². The first-order valence-corrected chi connectivity index (χ1v) is 9.05. The van der Waals surface area contributed by atoms with Gasteiger partial charge in [0.25, 0.3) is 5.91 Å². The molecule has 1 aliphatic rings. The lowest BCUT2D eigenvalue weighted by Crippen LogP contribution is -2.43. The van der Waals surface area contributed by atoms with E-state index in [-0.39, 0.29) is 5.91 Å². The van der Waals surface area contributed by atoms with E-state index in [1.807, 2.05) is 11.0 Å². The first kappa shape index (κ1) is 17.4. The molecule has 1 N–H and O–H groups in total. The van der Waals surface area contributed by atoms with Gasteiger partial charge in [-0.05, 0) is 51.2 Å². The lowest BCUT2D eigenvalue weighted by Gasteiger charge is -2.34. The molecule has 2 aromatic rings. The molecule has 1 unspecified atom stereocenters. The van der Waals surface area contributed by atoms with E-state index in [0.29, 0.717) is 17.6 Å². The van der Waals surface area contributed by atoms with Crippen molar-refractivity contribution in [3.8, 4) is 0 Å². The fourth-order valence-electron chi connectivity index (χ4n) is 3.43. The van der Waals surface area contributed by atoms with Crippen LogP contribution in [0.5, 0.6) is 0 Å². The summed E-state index contributed by atoms with van der Waals surface area (Å²) in [6.45, 7) is 7.09. The standard InChI is InChI=1S/C20H26N4O/c1-4-16-7-5-6-10-24(16)20(25)18-12-22-19(13-21-18)23-17-9-8-14(2)11-15(17)3/h8-9,11-13,16H,4-7,10H2,1-3H3,(H,22,23). The van der Waals surface area contributed by atoms with E-state index < -0.39 is 0 Å². The number of rotatable bonds is 4. The van der Waals surface area contributed by atoms with Gasteiger partial charge in [0.15, 0.2) is 0 Å². The first-order chi connectivity index (χ1) is 12.1. The average Bonchev–Trinajstić information content (AvgIpc) is 2.64. The summed E-state index contributed by atoms with van der Waals surface area (Å²) in [5.41, 5.74) is 3.80. The zero-order chi connectivity index (χ0) is 17.8. The van der Waals surface area contributed by atoms with E-state index in [2.05, 4.69) is 48.2 Å². The Balaban J connectivity index is 1.72. The van der Waals surface area contributed by atoms with Crippen LogP contribution in [0.2, 0.25) is 0 Å². The third kappa shape index (κ3) is 3.98. The predicted octanol–water partition coefficient (Wildman–Crippen LogP) is 4.24.